The van der Waals surface area contributed by atoms with Crippen molar-refractivity contribution in [2.75, 3.05) is 6.54 Å². The fraction of sp³-hybridized carbons (Fsp3) is 0.500. The van der Waals surface area contributed by atoms with Gasteiger partial charge in [-0.25, -0.2) is 8.78 Å². The fourth-order valence-corrected chi connectivity index (χ4v) is 2.21. The second-order valence-corrected chi connectivity index (χ2v) is 4.50. The van der Waals surface area contributed by atoms with Crippen LogP contribution in [0.1, 0.15) is 25.3 Å². The standard InChI is InChI=1S/C12H15F2N/c1-12(5-2-6-15-12)8-9-7-10(13)3-4-11(9)14/h3-4,7,15H,2,5-6,8H2,1H3. The van der Waals surface area contributed by atoms with Gasteiger partial charge >= 0.3 is 0 Å². The molecule has 1 aromatic carbocycles. The van der Waals surface area contributed by atoms with Crippen LogP contribution in [-0.4, -0.2) is 12.1 Å². The smallest absolute Gasteiger partial charge is 0.126 e. The lowest BCUT2D eigenvalue weighted by Crippen LogP contribution is -2.38. The van der Waals surface area contributed by atoms with Gasteiger partial charge in [-0.15, -0.1) is 0 Å². The quantitative estimate of drug-likeness (QED) is 0.793. The number of hydrogen-bond donors (Lipinski definition) is 1. The van der Waals surface area contributed by atoms with Crippen LogP contribution in [0.2, 0.25) is 0 Å². The lowest BCUT2D eigenvalue weighted by molar-refractivity contribution is 0.403. The molecular weight excluding hydrogens is 196 g/mol. The van der Waals surface area contributed by atoms with E-state index >= 15 is 0 Å². The third-order valence-corrected chi connectivity index (χ3v) is 3.05. The largest absolute Gasteiger partial charge is 0.311 e. The first-order chi connectivity index (χ1) is 7.09. The van der Waals surface area contributed by atoms with E-state index in [4.69, 9.17) is 0 Å². The Labute approximate surface area is 88.5 Å². The summed E-state index contributed by atoms with van der Waals surface area (Å²) in [6.45, 7) is 3.03. The number of rotatable bonds is 2. The predicted octanol–water partition coefficient (Wildman–Crippen LogP) is 2.65. The van der Waals surface area contributed by atoms with Crippen molar-refractivity contribution in [1.82, 2.24) is 5.32 Å². The Morgan fingerprint density at radius 2 is 2.20 bits per heavy atom. The molecule has 0 amide bonds. The van der Waals surface area contributed by atoms with Crippen molar-refractivity contribution in [2.24, 2.45) is 0 Å². The van der Waals surface area contributed by atoms with Gasteiger partial charge in [-0.05, 0) is 56.5 Å². The predicted molar refractivity (Wildman–Crippen MR) is 55.7 cm³/mol. The molecule has 15 heavy (non-hydrogen) atoms. The molecule has 0 aromatic heterocycles. The van der Waals surface area contributed by atoms with Crippen LogP contribution in [-0.2, 0) is 6.42 Å². The van der Waals surface area contributed by atoms with Crippen molar-refractivity contribution in [2.45, 2.75) is 31.7 Å². The number of nitrogens with one attached hydrogen (secondary N) is 1. The average molecular weight is 211 g/mol. The maximum Gasteiger partial charge on any atom is 0.126 e. The van der Waals surface area contributed by atoms with Gasteiger partial charge in [-0.3, -0.25) is 0 Å². The van der Waals surface area contributed by atoms with Gasteiger partial charge < -0.3 is 5.32 Å². The van der Waals surface area contributed by atoms with E-state index < -0.39 is 0 Å². The zero-order chi connectivity index (χ0) is 10.9. The summed E-state index contributed by atoms with van der Waals surface area (Å²) < 4.78 is 26.4. The van der Waals surface area contributed by atoms with Gasteiger partial charge in [-0.2, -0.15) is 0 Å². The molecule has 3 heteroatoms. The molecule has 1 aromatic rings. The molecule has 1 atom stereocenters. The SMILES string of the molecule is CC1(Cc2cc(F)ccc2F)CCCN1. The minimum atomic E-state index is -0.368. The van der Waals surface area contributed by atoms with Crippen LogP contribution in [0.25, 0.3) is 0 Å². The van der Waals surface area contributed by atoms with Crippen LogP contribution in [0.5, 0.6) is 0 Å². The minimum absolute atomic E-state index is 0.0748. The fourth-order valence-electron chi connectivity index (χ4n) is 2.21. The maximum atomic E-state index is 13.4. The van der Waals surface area contributed by atoms with Gasteiger partial charge in [0.1, 0.15) is 11.6 Å². The highest BCUT2D eigenvalue weighted by Gasteiger charge is 2.29. The van der Waals surface area contributed by atoms with E-state index in [9.17, 15) is 8.78 Å². The Morgan fingerprint density at radius 3 is 2.87 bits per heavy atom. The van der Waals surface area contributed by atoms with Crippen LogP contribution in [0.4, 0.5) is 8.78 Å². The molecule has 0 radical (unpaired) electrons. The van der Waals surface area contributed by atoms with Crippen LogP contribution in [0, 0.1) is 11.6 Å². The third kappa shape index (κ3) is 2.34. The van der Waals surface area contributed by atoms with E-state index in [1.165, 1.54) is 12.1 Å². The molecule has 1 unspecified atom stereocenters. The topological polar surface area (TPSA) is 12.0 Å². The average Bonchev–Trinajstić information content (AvgIpc) is 2.59. The summed E-state index contributed by atoms with van der Waals surface area (Å²) in [5.74, 6) is -0.681. The Balaban J connectivity index is 2.19. The normalized spacial score (nSPS) is 25.8. The highest BCUT2D eigenvalue weighted by molar-refractivity contribution is 5.21. The lowest BCUT2D eigenvalue weighted by Gasteiger charge is -2.24. The summed E-state index contributed by atoms with van der Waals surface area (Å²) in [5.41, 5.74) is 0.390. The summed E-state index contributed by atoms with van der Waals surface area (Å²) in [5, 5.41) is 3.34. The molecule has 1 fully saturated rings. The zero-order valence-electron chi connectivity index (χ0n) is 8.82. The van der Waals surface area contributed by atoms with E-state index in [1.807, 2.05) is 0 Å². The van der Waals surface area contributed by atoms with Crippen molar-refractivity contribution in [3.05, 3.63) is 35.4 Å². The van der Waals surface area contributed by atoms with Crippen LogP contribution in [0.15, 0.2) is 18.2 Å². The molecule has 1 N–H and O–H groups in total. The summed E-state index contributed by atoms with van der Waals surface area (Å²) in [6, 6.07) is 3.65. The van der Waals surface area contributed by atoms with Crippen molar-refractivity contribution >= 4 is 0 Å². The summed E-state index contributed by atoms with van der Waals surface area (Å²) in [4.78, 5) is 0. The molecule has 0 bridgehead atoms. The van der Waals surface area contributed by atoms with E-state index in [1.54, 1.807) is 0 Å². The Bertz CT molecular complexity index is 357. The number of hydrogen-bond acceptors (Lipinski definition) is 1. The monoisotopic (exact) mass is 211 g/mol. The first-order valence-electron chi connectivity index (χ1n) is 5.28. The first kappa shape index (κ1) is 10.6. The molecule has 2 rings (SSSR count). The Hall–Kier alpha value is -0.960. The van der Waals surface area contributed by atoms with Gasteiger partial charge in [0.05, 0.1) is 0 Å². The molecule has 1 aliphatic heterocycles. The summed E-state index contributed by atoms with van der Waals surface area (Å²) in [7, 11) is 0. The second kappa shape index (κ2) is 3.89. The highest BCUT2D eigenvalue weighted by Crippen LogP contribution is 2.24. The lowest BCUT2D eigenvalue weighted by atomic mass is 9.91. The maximum absolute atomic E-state index is 13.4. The zero-order valence-corrected chi connectivity index (χ0v) is 8.82. The number of halogens is 2. The molecular formula is C12H15F2N. The molecule has 0 spiro atoms. The van der Waals surface area contributed by atoms with Crippen LogP contribution in [0.3, 0.4) is 0 Å². The van der Waals surface area contributed by atoms with E-state index in [-0.39, 0.29) is 17.2 Å². The third-order valence-electron chi connectivity index (χ3n) is 3.05. The first-order valence-corrected chi connectivity index (χ1v) is 5.28. The molecule has 1 heterocycles. The van der Waals surface area contributed by atoms with Crippen molar-refractivity contribution in [3.63, 3.8) is 0 Å². The van der Waals surface area contributed by atoms with Crippen molar-refractivity contribution in [3.8, 4) is 0 Å². The van der Waals surface area contributed by atoms with Gasteiger partial charge in [0.25, 0.3) is 0 Å². The van der Waals surface area contributed by atoms with Crippen molar-refractivity contribution < 1.29 is 8.78 Å². The highest BCUT2D eigenvalue weighted by atomic mass is 19.1. The molecule has 1 aliphatic rings. The molecule has 1 saturated heterocycles. The van der Waals surface area contributed by atoms with E-state index in [2.05, 4.69) is 12.2 Å². The Kier molecular flexibility index (Phi) is 2.74. The van der Waals surface area contributed by atoms with Crippen LogP contribution >= 0.6 is 0 Å². The van der Waals surface area contributed by atoms with E-state index in [0.29, 0.717) is 12.0 Å². The van der Waals surface area contributed by atoms with Crippen molar-refractivity contribution in [1.29, 1.82) is 0 Å². The summed E-state index contributed by atoms with van der Waals surface area (Å²) in [6.07, 6.45) is 2.67. The minimum Gasteiger partial charge on any atom is -0.311 e. The second-order valence-electron chi connectivity index (χ2n) is 4.50. The molecule has 1 nitrogen and oxygen atoms in total. The van der Waals surface area contributed by atoms with Gasteiger partial charge in [0.2, 0.25) is 0 Å². The summed E-state index contributed by atoms with van der Waals surface area (Å²) >= 11 is 0. The molecule has 0 saturated carbocycles. The van der Waals surface area contributed by atoms with E-state index in [0.717, 1.165) is 25.5 Å². The Morgan fingerprint density at radius 1 is 1.40 bits per heavy atom. The van der Waals surface area contributed by atoms with Gasteiger partial charge in [0, 0.05) is 5.54 Å². The van der Waals surface area contributed by atoms with Gasteiger partial charge in [0.15, 0.2) is 0 Å². The van der Waals surface area contributed by atoms with Gasteiger partial charge in [-0.1, -0.05) is 0 Å². The number of benzene rings is 1. The van der Waals surface area contributed by atoms with Crippen LogP contribution < -0.4 is 5.32 Å². The molecule has 0 aliphatic carbocycles. The molecule has 82 valence electrons.